The largest absolute Gasteiger partial charge is 0.497 e. The van der Waals surface area contributed by atoms with E-state index in [2.05, 4.69) is 20.2 Å². The van der Waals surface area contributed by atoms with Crippen LogP contribution in [0.5, 0.6) is 5.75 Å². The summed E-state index contributed by atoms with van der Waals surface area (Å²) in [5.41, 5.74) is 6.35. The number of pyridine rings is 2. The van der Waals surface area contributed by atoms with Gasteiger partial charge in [0, 0.05) is 42.7 Å². The number of nitrogens with zero attached hydrogens (tertiary/aromatic N) is 3. The number of carbonyl (C=O) groups is 3. The number of carbonyl (C=O) groups excluding carboxylic acids is 3. The van der Waals surface area contributed by atoms with Crippen LogP contribution in [0.1, 0.15) is 69.4 Å². The Bertz CT molecular complexity index is 1760. The summed E-state index contributed by atoms with van der Waals surface area (Å²) in [6.45, 7) is 7.07. The maximum absolute atomic E-state index is 13.4. The number of halogens is 1. The van der Waals surface area contributed by atoms with Gasteiger partial charge in [0.25, 0.3) is 5.91 Å². The molecule has 5 rings (SSSR count). The number of nitrogens with one attached hydrogen (secondary N) is 1. The van der Waals surface area contributed by atoms with Crippen LogP contribution >= 0.6 is 11.6 Å². The van der Waals surface area contributed by atoms with Crippen molar-refractivity contribution in [3.05, 3.63) is 106 Å². The number of anilines is 1. The van der Waals surface area contributed by atoms with Crippen molar-refractivity contribution in [2.75, 3.05) is 19.0 Å². The molecular weight excluding hydrogens is 588 g/mol. The number of amides is 1. The lowest BCUT2D eigenvalue weighted by Gasteiger charge is -2.34. The van der Waals surface area contributed by atoms with Gasteiger partial charge in [-0.25, -0.2) is 0 Å². The highest BCUT2D eigenvalue weighted by atomic mass is 35.5. The van der Waals surface area contributed by atoms with Crippen LogP contribution < -0.4 is 10.1 Å². The van der Waals surface area contributed by atoms with Crippen molar-refractivity contribution in [3.63, 3.8) is 0 Å². The molecule has 0 radical (unpaired) electrons. The Morgan fingerprint density at radius 3 is 2.51 bits per heavy atom. The Morgan fingerprint density at radius 1 is 0.978 bits per heavy atom. The van der Waals surface area contributed by atoms with E-state index in [-0.39, 0.29) is 35.6 Å². The highest BCUT2D eigenvalue weighted by Gasteiger charge is 2.26. The number of benzene rings is 2. The van der Waals surface area contributed by atoms with Gasteiger partial charge in [-0.1, -0.05) is 48.4 Å². The van der Waals surface area contributed by atoms with E-state index in [1.54, 1.807) is 25.3 Å². The lowest BCUT2D eigenvalue weighted by atomic mass is 9.95. The second kappa shape index (κ2) is 14.1. The molecule has 0 unspecified atom stereocenters. The summed E-state index contributed by atoms with van der Waals surface area (Å²) in [6, 6.07) is 16.3. The SMILES string of the molecule is COc1ccnc(C(=O)Nc2cccc(-c3cccc(CC(=O)c4cc(C)c(CN5CCCC[C@H]5C(C)=O)cn4)c3Cl)c2C)c1. The summed E-state index contributed by atoms with van der Waals surface area (Å²) in [4.78, 5) is 49.4. The van der Waals surface area contributed by atoms with Crippen LogP contribution in [-0.4, -0.2) is 52.0 Å². The Morgan fingerprint density at radius 2 is 1.76 bits per heavy atom. The first-order valence-electron chi connectivity index (χ1n) is 15.1. The maximum Gasteiger partial charge on any atom is 0.274 e. The van der Waals surface area contributed by atoms with Crippen molar-refractivity contribution in [1.29, 1.82) is 0 Å². The summed E-state index contributed by atoms with van der Waals surface area (Å²) in [5.74, 6) is 0.249. The fourth-order valence-electron chi connectivity index (χ4n) is 5.86. The molecule has 9 heteroatoms. The van der Waals surface area contributed by atoms with Crippen molar-refractivity contribution >= 4 is 34.8 Å². The number of methoxy groups -OCH3 is 1. The van der Waals surface area contributed by atoms with Gasteiger partial charge >= 0.3 is 0 Å². The molecule has 2 aromatic carbocycles. The normalized spacial score (nSPS) is 15.0. The first kappa shape index (κ1) is 32.0. The van der Waals surface area contributed by atoms with E-state index < -0.39 is 0 Å². The van der Waals surface area contributed by atoms with Gasteiger partial charge in [0.2, 0.25) is 0 Å². The molecule has 1 N–H and O–H groups in total. The van der Waals surface area contributed by atoms with E-state index in [1.165, 1.54) is 13.3 Å². The molecule has 0 bridgehead atoms. The Labute approximate surface area is 268 Å². The molecule has 1 saturated heterocycles. The zero-order chi connectivity index (χ0) is 32.1. The minimum atomic E-state index is -0.358. The van der Waals surface area contributed by atoms with Crippen molar-refractivity contribution in [3.8, 4) is 16.9 Å². The van der Waals surface area contributed by atoms with Gasteiger partial charge in [-0.3, -0.25) is 29.3 Å². The van der Waals surface area contributed by atoms with Crippen molar-refractivity contribution in [1.82, 2.24) is 14.9 Å². The predicted molar refractivity (Wildman–Crippen MR) is 176 cm³/mol. The fraction of sp³-hybridized carbons (Fsp3) is 0.306. The third-order valence-electron chi connectivity index (χ3n) is 8.46. The van der Waals surface area contributed by atoms with Crippen molar-refractivity contribution in [2.24, 2.45) is 0 Å². The average molecular weight is 625 g/mol. The third-order valence-corrected chi connectivity index (χ3v) is 8.91. The van der Waals surface area contributed by atoms with Gasteiger partial charge in [0.05, 0.1) is 18.2 Å². The lowest BCUT2D eigenvalue weighted by molar-refractivity contribution is -0.123. The van der Waals surface area contributed by atoms with E-state index in [0.717, 1.165) is 53.6 Å². The summed E-state index contributed by atoms with van der Waals surface area (Å²) in [6.07, 6.45) is 6.40. The van der Waals surface area contributed by atoms with E-state index in [4.69, 9.17) is 16.3 Å². The highest BCUT2D eigenvalue weighted by Crippen LogP contribution is 2.36. The quantitative estimate of drug-likeness (QED) is 0.189. The van der Waals surface area contributed by atoms with Crippen LogP contribution in [0, 0.1) is 13.8 Å². The van der Waals surface area contributed by atoms with Crippen LogP contribution in [-0.2, 0) is 17.8 Å². The Balaban J connectivity index is 1.32. The minimum absolute atomic E-state index is 0.0561. The molecule has 0 aliphatic carbocycles. The molecule has 3 heterocycles. The lowest BCUT2D eigenvalue weighted by Crippen LogP contribution is -2.43. The van der Waals surface area contributed by atoms with E-state index in [1.807, 2.05) is 56.3 Å². The molecule has 8 nitrogen and oxygen atoms in total. The number of ether oxygens (including phenoxy) is 1. The van der Waals surface area contributed by atoms with Crippen molar-refractivity contribution in [2.45, 2.75) is 59.0 Å². The van der Waals surface area contributed by atoms with Crippen LogP contribution in [0.3, 0.4) is 0 Å². The molecule has 45 heavy (non-hydrogen) atoms. The standard InChI is InChI=1S/C36H37ClN4O4/c1-22-17-31(39-20-26(22)21-41-16-6-5-13-33(41)24(3)42)34(43)18-25-9-7-11-29(35(25)37)28-10-8-12-30(23(28)2)40-36(44)32-19-27(45-4)14-15-38-32/h7-12,14-15,17,19-20,33H,5-6,13,16,18,21H2,1-4H3,(H,40,44)/t33-/m0/s1. The number of hydrogen-bond donors (Lipinski definition) is 1. The molecule has 2 aromatic heterocycles. The summed E-state index contributed by atoms with van der Waals surface area (Å²) < 4.78 is 5.21. The molecule has 232 valence electrons. The van der Waals surface area contributed by atoms with Crippen LogP contribution in [0.4, 0.5) is 5.69 Å². The number of hydrogen-bond acceptors (Lipinski definition) is 7. The van der Waals surface area contributed by atoms with Gasteiger partial charge in [-0.05, 0) is 86.2 Å². The first-order valence-corrected chi connectivity index (χ1v) is 15.5. The van der Waals surface area contributed by atoms with Crippen LogP contribution in [0.2, 0.25) is 5.02 Å². The number of ketones is 2. The average Bonchev–Trinajstić information content (AvgIpc) is 3.04. The predicted octanol–water partition coefficient (Wildman–Crippen LogP) is 7.04. The van der Waals surface area contributed by atoms with Crippen LogP contribution in [0.25, 0.3) is 11.1 Å². The molecule has 1 amide bonds. The first-order chi connectivity index (χ1) is 21.7. The molecule has 1 aliphatic heterocycles. The van der Waals surface area contributed by atoms with Gasteiger partial charge in [-0.2, -0.15) is 0 Å². The molecule has 0 saturated carbocycles. The second-order valence-electron chi connectivity index (χ2n) is 11.5. The monoisotopic (exact) mass is 624 g/mol. The molecule has 4 aromatic rings. The van der Waals surface area contributed by atoms with Crippen molar-refractivity contribution < 1.29 is 19.1 Å². The smallest absolute Gasteiger partial charge is 0.274 e. The van der Waals surface area contributed by atoms with Crippen LogP contribution in [0.15, 0.2) is 67.0 Å². The zero-order valence-corrected chi connectivity index (χ0v) is 26.8. The Hall–Kier alpha value is -4.40. The molecule has 1 aliphatic rings. The molecular formula is C36H37ClN4O4. The molecule has 1 atom stereocenters. The Kier molecular flexibility index (Phi) is 10.1. The maximum atomic E-state index is 13.4. The summed E-state index contributed by atoms with van der Waals surface area (Å²) in [5, 5.41) is 3.41. The van der Waals surface area contributed by atoms with Gasteiger partial charge < -0.3 is 10.1 Å². The minimum Gasteiger partial charge on any atom is -0.497 e. The van der Waals surface area contributed by atoms with Gasteiger partial charge in [0.1, 0.15) is 22.9 Å². The highest BCUT2D eigenvalue weighted by molar-refractivity contribution is 6.34. The number of aromatic nitrogens is 2. The van der Waals surface area contributed by atoms with Gasteiger partial charge in [-0.15, -0.1) is 0 Å². The van der Waals surface area contributed by atoms with E-state index >= 15 is 0 Å². The third kappa shape index (κ3) is 7.30. The van der Waals surface area contributed by atoms with Gasteiger partial charge in [0.15, 0.2) is 5.78 Å². The molecule has 0 spiro atoms. The number of aryl methyl sites for hydroxylation is 1. The fourth-order valence-corrected chi connectivity index (χ4v) is 6.16. The number of likely N-dealkylation sites (tertiary alicyclic amines) is 1. The summed E-state index contributed by atoms with van der Waals surface area (Å²) >= 11 is 6.92. The van der Waals surface area contributed by atoms with E-state index in [0.29, 0.717) is 34.3 Å². The second-order valence-corrected chi connectivity index (χ2v) is 11.9. The van der Waals surface area contributed by atoms with E-state index in [9.17, 15) is 14.4 Å². The number of rotatable bonds is 10. The number of piperidine rings is 1. The number of Topliss-reactive ketones (excluding diaryl/α,β-unsaturated/α-hetero) is 2. The summed E-state index contributed by atoms with van der Waals surface area (Å²) in [7, 11) is 1.53. The zero-order valence-electron chi connectivity index (χ0n) is 26.0. The molecule has 1 fully saturated rings. The topological polar surface area (TPSA) is 101 Å².